The van der Waals surface area contributed by atoms with Gasteiger partial charge in [0, 0.05) is 32.2 Å². The lowest BCUT2D eigenvalue weighted by Gasteiger charge is -2.37. The Morgan fingerprint density at radius 3 is 2.79 bits per heavy atom. The molecule has 2 heterocycles. The van der Waals surface area contributed by atoms with E-state index >= 15 is 0 Å². The Hall–Kier alpha value is -0.940. The minimum Gasteiger partial charge on any atom is -0.381 e. The molecule has 1 aromatic heterocycles. The minimum absolute atomic E-state index is 0.272. The molecule has 1 N–H and O–H groups in total. The summed E-state index contributed by atoms with van der Waals surface area (Å²) in [6.07, 6.45) is 4.87. The monoisotopic (exact) mass is 266 g/mol. The largest absolute Gasteiger partial charge is 0.381 e. The smallest absolute Gasteiger partial charge is 0.138 e. The van der Waals surface area contributed by atoms with Gasteiger partial charge >= 0.3 is 0 Å². The molecule has 5 heteroatoms. The highest BCUT2D eigenvalue weighted by molar-refractivity contribution is 4.97. The Kier molecular flexibility index (Phi) is 4.93. The molecular weight excluding hydrogens is 240 g/mol. The van der Waals surface area contributed by atoms with Crippen molar-refractivity contribution >= 4 is 0 Å². The Labute approximate surface area is 115 Å². The van der Waals surface area contributed by atoms with Gasteiger partial charge in [0.1, 0.15) is 12.2 Å². The maximum atomic E-state index is 5.53. The van der Waals surface area contributed by atoms with Gasteiger partial charge in [0.2, 0.25) is 0 Å². The molecule has 0 atom stereocenters. The lowest BCUT2D eigenvalue weighted by atomic mass is 9.77. The first kappa shape index (κ1) is 14.5. The van der Waals surface area contributed by atoms with Crippen molar-refractivity contribution in [1.82, 2.24) is 20.1 Å². The third-order valence-electron chi connectivity index (χ3n) is 3.97. The average Bonchev–Trinajstić information content (AvgIpc) is 2.86. The van der Waals surface area contributed by atoms with Gasteiger partial charge in [-0.25, -0.2) is 9.67 Å². The van der Waals surface area contributed by atoms with Crippen LogP contribution in [-0.4, -0.2) is 41.1 Å². The van der Waals surface area contributed by atoms with E-state index in [0.717, 1.165) is 51.4 Å². The van der Waals surface area contributed by atoms with E-state index in [2.05, 4.69) is 36.2 Å². The second kappa shape index (κ2) is 6.48. The molecule has 5 nitrogen and oxygen atoms in total. The third kappa shape index (κ3) is 3.54. The highest BCUT2D eigenvalue weighted by atomic mass is 16.5. The van der Waals surface area contributed by atoms with E-state index in [-0.39, 0.29) is 5.41 Å². The first-order chi connectivity index (χ1) is 9.17. The van der Waals surface area contributed by atoms with Crippen LogP contribution >= 0.6 is 0 Å². The molecule has 1 aliphatic heterocycles. The summed E-state index contributed by atoms with van der Waals surface area (Å²) < 4.78 is 7.58. The van der Waals surface area contributed by atoms with Gasteiger partial charge in [-0.05, 0) is 38.6 Å². The molecule has 0 bridgehead atoms. The van der Waals surface area contributed by atoms with Gasteiger partial charge in [-0.15, -0.1) is 0 Å². The molecule has 2 rings (SSSR count). The number of hydrogen-bond donors (Lipinski definition) is 1. The second-order valence-electron chi connectivity index (χ2n) is 5.78. The van der Waals surface area contributed by atoms with E-state index in [1.165, 1.54) is 0 Å². The zero-order valence-corrected chi connectivity index (χ0v) is 12.4. The van der Waals surface area contributed by atoms with Crippen LogP contribution in [-0.2, 0) is 11.2 Å². The fourth-order valence-corrected chi connectivity index (χ4v) is 2.78. The Bertz CT molecular complexity index is 383. The van der Waals surface area contributed by atoms with Gasteiger partial charge in [-0.1, -0.05) is 6.92 Å². The Morgan fingerprint density at radius 2 is 2.16 bits per heavy atom. The molecule has 0 radical (unpaired) electrons. The van der Waals surface area contributed by atoms with Crippen LogP contribution in [0.3, 0.4) is 0 Å². The number of nitrogens with one attached hydrogen (secondary N) is 1. The first-order valence-electron chi connectivity index (χ1n) is 7.34. The highest BCUT2D eigenvalue weighted by Crippen LogP contribution is 2.33. The quantitative estimate of drug-likeness (QED) is 0.853. The van der Waals surface area contributed by atoms with E-state index in [0.29, 0.717) is 6.04 Å². The van der Waals surface area contributed by atoms with Gasteiger partial charge in [0.05, 0.1) is 0 Å². The minimum atomic E-state index is 0.272. The molecule has 1 fully saturated rings. The zero-order valence-electron chi connectivity index (χ0n) is 12.4. The predicted octanol–water partition coefficient (Wildman–Crippen LogP) is 1.81. The summed E-state index contributed by atoms with van der Waals surface area (Å²) in [5.41, 5.74) is 0.272. The predicted molar refractivity (Wildman–Crippen MR) is 75.1 cm³/mol. The lowest BCUT2D eigenvalue weighted by Crippen LogP contribution is -2.41. The Balaban J connectivity index is 2.12. The van der Waals surface area contributed by atoms with Crippen LogP contribution in [0.4, 0.5) is 0 Å². The normalized spacial score (nSPS) is 18.9. The second-order valence-corrected chi connectivity index (χ2v) is 5.78. The summed E-state index contributed by atoms with van der Waals surface area (Å²) >= 11 is 0. The molecular formula is C14H26N4O. The summed E-state index contributed by atoms with van der Waals surface area (Å²) in [5, 5.41) is 7.85. The van der Waals surface area contributed by atoms with Crippen LogP contribution < -0.4 is 5.32 Å². The van der Waals surface area contributed by atoms with Gasteiger partial charge < -0.3 is 10.1 Å². The summed E-state index contributed by atoms with van der Waals surface area (Å²) in [7, 11) is 0. The maximum Gasteiger partial charge on any atom is 0.138 e. The van der Waals surface area contributed by atoms with E-state index in [1.54, 1.807) is 6.33 Å². The van der Waals surface area contributed by atoms with Crippen LogP contribution in [0, 0.1) is 5.41 Å². The van der Waals surface area contributed by atoms with Gasteiger partial charge in [-0.3, -0.25) is 0 Å². The molecule has 0 amide bonds. The van der Waals surface area contributed by atoms with E-state index in [9.17, 15) is 0 Å². The molecule has 19 heavy (non-hydrogen) atoms. The number of rotatable bonds is 6. The summed E-state index contributed by atoms with van der Waals surface area (Å²) in [6.45, 7) is 10.2. The number of ether oxygens (including phenoxy) is 1. The van der Waals surface area contributed by atoms with E-state index in [1.807, 2.05) is 4.68 Å². The fourth-order valence-electron chi connectivity index (χ4n) is 2.78. The maximum absolute atomic E-state index is 5.53. The Morgan fingerprint density at radius 1 is 1.42 bits per heavy atom. The van der Waals surface area contributed by atoms with Crippen molar-refractivity contribution < 1.29 is 4.74 Å². The van der Waals surface area contributed by atoms with Crippen LogP contribution in [0.1, 0.15) is 45.5 Å². The fraction of sp³-hybridized carbons (Fsp3) is 0.857. The third-order valence-corrected chi connectivity index (χ3v) is 3.97. The molecule has 0 aromatic carbocycles. The first-order valence-corrected chi connectivity index (χ1v) is 7.34. The van der Waals surface area contributed by atoms with Crippen molar-refractivity contribution in [1.29, 1.82) is 0 Å². The zero-order chi connectivity index (χ0) is 13.7. The van der Waals surface area contributed by atoms with Crippen molar-refractivity contribution in [2.75, 3.05) is 26.3 Å². The lowest BCUT2D eigenvalue weighted by molar-refractivity contribution is 0.0136. The van der Waals surface area contributed by atoms with Crippen molar-refractivity contribution in [3.8, 4) is 0 Å². The SMILES string of the molecule is CCNCC1(Cc2ncnn2C(C)C)CCOCC1. The van der Waals surface area contributed by atoms with Gasteiger partial charge in [-0.2, -0.15) is 5.10 Å². The molecule has 108 valence electrons. The van der Waals surface area contributed by atoms with Crippen molar-refractivity contribution in [3.05, 3.63) is 12.2 Å². The van der Waals surface area contributed by atoms with E-state index in [4.69, 9.17) is 4.74 Å². The molecule has 0 unspecified atom stereocenters. The molecule has 0 spiro atoms. The molecule has 1 saturated heterocycles. The summed E-state index contributed by atoms with van der Waals surface area (Å²) in [4.78, 5) is 4.47. The molecule has 1 aromatic rings. The summed E-state index contributed by atoms with van der Waals surface area (Å²) in [5.74, 6) is 1.11. The van der Waals surface area contributed by atoms with Gasteiger partial charge in [0.15, 0.2) is 0 Å². The van der Waals surface area contributed by atoms with Crippen LogP contribution in [0.25, 0.3) is 0 Å². The van der Waals surface area contributed by atoms with Gasteiger partial charge in [0.25, 0.3) is 0 Å². The highest BCUT2D eigenvalue weighted by Gasteiger charge is 2.34. The van der Waals surface area contributed by atoms with Crippen molar-refractivity contribution in [2.45, 2.75) is 46.1 Å². The van der Waals surface area contributed by atoms with Crippen LogP contribution in [0.5, 0.6) is 0 Å². The van der Waals surface area contributed by atoms with Crippen molar-refractivity contribution in [2.24, 2.45) is 5.41 Å². The van der Waals surface area contributed by atoms with Crippen molar-refractivity contribution in [3.63, 3.8) is 0 Å². The van der Waals surface area contributed by atoms with E-state index < -0.39 is 0 Å². The number of aromatic nitrogens is 3. The van der Waals surface area contributed by atoms with Crippen LogP contribution in [0.15, 0.2) is 6.33 Å². The number of nitrogens with zero attached hydrogens (tertiary/aromatic N) is 3. The average molecular weight is 266 g/mol. The van der Waals surface area contributed by atoms with Crippen LogP contribution in [0.2, 0.25) is 0 Å². The number of hydrogen-bond acceptors (Lipinski definition) is 4. The molecule has 0 saturated carbocycles. The topological polar surface area (TPSA) is 52.0 Å². The molecule has 0 aliphatic carbocycles. The standard InChI is InChI=1S/C14H26N4O/c1-4-15-10-14(5-7-19-8-6-14)9-13-16-11-17-18(13)12(2)3/h11-12,15H,4-10H2,1-3H3. The summed E-state index contributed by atoms with van der Waals surface area (Å²) in [6, 6.07) is 0.369. The molecule has 1 aliphatic rings.